The van der Waals surface area contributed by atoms with E-state index in [4.69, 9.17) is 5.73 Å². The Labute approximate surface area is 71.6 Å². The molecule has 0 aliphatic rings. The zero-order chi connectivity index (χ0) is 8.97. The van der Waals surface area contributed by atoms with Crippen LogP contribution in [0.1, 0.15) is 12.5 Å². The first-order valence-electron chi connectivity index (χ1n) is 3.88. The van der Waals surface area contributed by atoms with Crippen LogP contribution < -0.4 is 5.73 Å². The molecule has 3 nitrogen and oxygen atoms in total. The molecule has 1 aromatic heterocycles. The number of carbonyl (C=O) groups is 1. The van der Waals surface area contributed by atoms with Crippen molar-refractivity contribution >= 4 is 5.91 Å². The molecule has 1 atom stereocenters. The Morgan fingerprint density at radius 1 is 1.58 bits per heavy atom. The number of hydrogen-bond donors (Lipinski definition) is 1. The Bertz CT molecular complexity index is 258. The molecule has 1 amide bonds. The minimum Gasteiger partial charge on any atom is -0.369 e. The van der Waals surface area contributed by atoms with Gasteiger partial charge < -0.3 is 5.73 Å². The van der Waals surface area contributed by atoms with Crippen LogP contribution in [0.2, 0.25) is 0 Å². The first-order chi connectivity index (χ1) is 5.70. The quantitative estimate of drug-likeness (QED) is 0.716. The Morgan fingerprint density at radius 2 is 2.17 bits per heavy atom. The molecule has 0 saturated heterocycles. The molecule has 0 saturated carbocycles. The second-order valence-corrected chi connectivity index (χ2v) is 2.86. The van der Waals surface area contributed by atoms with Crippen molar-refractivity contribution in [3.8, 4) is 0 Å². The lowest BCUT2D eigenvalue weighted by molar-refractivity contribution is -0.121. The second kappa shape index (κ2) is 3.85. The summed E-state index contributed by atoms with van der Waals surface area (Å²) in [5.74, 6) is -0.362. The third-order valence-electron chi connectivity index (χ3n) is 1.78. The molecule has 0 aliphatic carbocycles. The van der Waals surface area contributed by atoms with Gasteiger partial charge in [0.1, 0.15) is 0 Å². The first-order valence-corrected chi connectivity index (χ1v) is 3.88. The molecule has 1 heterocycles. The number of nitrogens with zero attached hydrogens (tertiary/aromatic N) is 1. The third-order valence-corrected chi connectivity index (χ3v) is 1.78. The number of amides is 1. The van der Waals surface area contributed by atoms with Crippen LogP contribution in [0.3, 0.4) is 0 Å². The zero-order valence-electron chi connectivity index (χ0n) is 7.03. The average molecular weight is 164 g/mol. The number of primary amides is 1. The van der Waals surface area contributed by atoms with Crippen LogP contribution in [-0.2, 0) is 11.2 Å². The van der Waals surface area contributed by atoms with Gasteiger partial charge in [-0.1, -0.05) is 6.92 Å². The van der Waals surface area contributed by atoms with Crippen molar-refractivity contribution in [1.82, 2.24) is 4.98 Å². The van der Waals surface area contributed by atoms with Crippen LogP contribution in [0.4, 0.5) is 0 Å². The van der Waals surface area contributed by atoms with E-state index in [-0.39, 0.29) is 11.8 Å². The highest BCUT2D eigenvalue weighted by molar-refractivity contribution is 5.76. The summed E-state index contributed by atoms with van der Waals surface area (Å²) < 4.78 is 0. The molecule has 1 rings (SSSR count). The molecule has 2 N–H and O–H groups in total. The van der Waals surface area contributed by atoms with Gasteiger partial charge in [0.15, 0.2) is 0 Å². The lowest BCUT2D eigenvalue weighted by Crippen LogP contribution is -2.22. The van der Waals surface area contributed by atoms with Gasteiger partial charge in [0.05, 0.1) is 0 Å². The standard InChI is InChI=1S/C9H12N2O/c1-7(9(10)12)6-8-2-4-11-5-3-8/h2-5,7H,6H2,1H3,(H2,10,12)/t7-/m0/s1. The predicted octanol–water partition coefficient (Wildman–Crippen LogP) is 0.745. The van der Waals surface area contributed by atoms with Crippen molar-refractivity contribution in [3.05, 3.63) is 30.1 Å². The van der Waals surface area contributed by atoms with E-state index >= 15 is 0 Å². The van der Waals surface area contributed by atoms with Crippen molar-refractivity contribution in [2.24, 2.45) is 11.7 Å². The number of rotatable bonds is 3. The van der Waals surface area contributed by atoms with Gasteiger partial charge in [-0.05, 0) is 24.1 Å². The van der Waals surface area contributed by atoms with Gasteiger partial charge >= 0.3 is 0 Å². The van der Waals surface area contributed by atoms with Crippen LogP contribution in [-0.4, -0.2) is 10.9 Å². The van der Waals surface area contributed by atoms with Crippen molar-refractivity contribution in [2.45, 2.75) is 13.3 Å². The van der Waals surface area contributed by atoms with Gasteiger partial charge in [-0.3, -0.25) is 9.78 Å². The summed E-state index contributed by atoms with van der Waals surface area (Å²) in [5.41, 5.74) is 6.22. The molecule has 0 bridgehead atoms. The fraction of sp³-hybridized carbons (Fsp3) is 0.333. The molecule has 64 valence electrons. The van der Waals surface area contributed by atoms with Crippen molar-refractivity contribution < 1.29 is 4.79 Å². The minimum atomic E-state index is -0.258. The number of aromatic nitrogens is 1. The molecule has 0 aliphatic heterocycles. The summed E-state index contributed by atoms with van der Waals surface area (Å²) >= 11 is 0. The van der Waals surface area contributed by atoms with E-state index in [1.807, 2.05) is 19.1 Å². The Morgan fingerprint density at radius 3 is 2.67 bits per heavy atom. The molecule has 0 radical (unpaired) electrons. The second-order valence-electron chi connectivity index (χ2n) is 2.86. The van der Waals surface area contributed by atoms with Gasteiger partial charge in [-0.2, -0.15) is 0 Å². The van der Waals surface area contributed by atoms with E-state index in [0.717, 1.165) is 5.56 Å². The van der Waals surface area contributed by atoms with Crippen LogP contribution in [0, 0.1) is 5.92 Å². The van der Waals surface area contributed by atoms with E-state index in [1.165, 1.54) is 0 Å². The maximum Gasteiger partial charge on any atom is 0.220 e. The van der Waals surface area contributed by atoms with E-state index < -0.39 is 0 Å². The molecule has 0 unspecified atom stereocenters. The maximum atomic E-state index is 10.7. The smallest absolute Gasteiger partial charge is 0.220 e. The molecule has 0 aromatic carbocycles. The van der Waals surface area contributed by atoms with Crippen LogP contribution >= 0.6 is 0 Å². The lowest BCUT2D eigenvalue weighted by Gasteiger charge is -2.05. The van der Waals surface area contributed by atoms with E-state index in [2.05, 4.69) is 4.98 Å². The third kappa shape index (κ3) is 2.34. The van der Waals surface area contributed by atoms with E-state index in [9.17, 15) is 4.79 Å². The zero-order valence-corrected chi connectivity index (χ0v) is 7.03. The van der Waals surface area contributed by atoms with Crippen LogP contribution in [0.15, 0.2) is 24.5 Å². The summed E-state index contributed by atoms with van der Waals surface area (Å²) in [4.78, 5) is 14.6. The number of hydrogen-bond acceptors (Lipinski definition) is 2. The van der Waals surface area contributed by atoms with E-state index in [1.54, 1.807) is 12.4 Å². The van der Waals surface area contributed by atoms with Crippen LogP contribution in [0.25, 0.3) is 0 Å². The Hall–Kier alpha value is -1.38. The molecule has 1 aromatic rings. The summed E-state index contributed by atoms with van der Waals surface area (Å²) in [6.07, 6.45) is 4.12. The monoisotopic (exact) mass is 164 g/mol. The minimum absolute atomic E-state index is 0.104. The number of carbonyl (C=O) groups excluding carboxylic acids is 1. The van der Waals surface area contributed by atoms with Crippen molar-refractivity contribution in [3.63, 3.8) is 0 Å². The number of pyridine rings is 1. The highest BCUT2D eigenvalue weighted by atomic mass is 16.1. The van der Waals surface area contributed by atoms with Gasteiger partial charge in [-0.15, -0.1) is 0 Å². The normalized spacial score (nSPS) is 12.4. The van der Waals surface area contributed by atoms with Crippen molar-refractivity contribution in [1.29, 1.82) is 0 Å². The fourth-order valence-corrected chi connectivity index (χ4v) is 0.973. The topological polar surface area (TPSA) is 56.0 Å². The fourth-order valence-electron chi connectivity index (χ4n) is 0.973. The van der Waals surface area contributed by atoms with Gasteiger partial charge in [0, 0.05) is 18.3 Å². The molecular formula is C9H12N2O. The van der Waals surface area contributed by atoms with Gasteiger partial charge in [-0.25, -0.2) is 0 Å². The maximum absolute atomic E-state index is 10.7. The SMILES string of the molecule is C[C@@H](Cc1ccncc1)C(N)=O. The summed E-state index contributed by atoms with van der Waals surface area (Å²) in [6, 6.07) is 3.78. The molecular weight excluding hydrogens is 152 g/mol. The molecule has 0 spiro atoms. The molecule has 0 fully saturated rings. The Kier molecular flexibility index (Phi) is 2.80. The highest BCUT2D eigenvalue weighted by Gasteiger charge is 2.08. The van der Waals surface area contributed by atoms with E-state index in [0.29, 0.717) is 6.42 Å². The molecule has 12 heavy (non-hydrogen) atoms. The predicted molar refractivity (Wildman–Crippen MR) is 46.3 cm³/mol. The summed E-state index contributed by atoms with van der Waals surface area (Å²) in [6.45, 7) is 1.82. The molecule has 3 heteroatoms. The summed E-state index contributed by atoms with van der Waals surface area (Å²) in [5, 5.41) is 0. The lowest BCUT2D eigenvalue weighted by atomic mass is 10.0. The van der Waals surface area contributed by atoms with Crippen LogP contribution in [0.5, 0.6) is 0 Å². The first kappa shape index (κ1) is 8.71. The van der Waals surface area contributed by atoms with Gasteiger partial charge in [0.2, 0.25) is 5.91 Å². The Balaban J connectivity index is 2.58. The summed E-state index contributed by atoms with van der Waals surface area (Å²) in [7, 11) is 0. The van der Waals surface area contributed by atoms with Crippen molar-refractivity contribution in [2.75, 3.05) is 0 Å². The average Bonchev–Trinajstić information content (AvgIpc) is 2.06. The van der Waals surface area contributed by atoms with Gasteiger partial charge in [0.25, 0.3) is 0 Å². The largest absolute Gasteiger partial charge is 0.369 e. The highest BCUT2D eigenvalue weighted by Crippen LogP contribution is 2.05. The number of nitrogens with two attached hydrogens (primary N) is 1.